The third-order valence-electron chi connectivity index (χ3n) is 3.42. The number of aromatic nitrogens is 1. The van der Waals surface area contributed by atoms with Crippen molar-refractivity contribution in [1.29, 1.82) is 0 Å². The maximum atomic E-state index is 12.0. The summed E-state index contributed by atoms with van der Waals surface area (Å²) >= 11 is 1.05. The van der Waals surface area contributed by atoms with Gasteiger partial charge in [0, 0.05) is 19.5 Å². The molecule has 1 aromatic rings. The van der Waals surface area contributed by atoms with Crippen molar-refractivity contribution in [1.82, 2.24) is 15.2 Å². The lowest BCUT2D eigenvalue weighted by atomic mass is 10.1. The number of hydrogen-bond donors (Lipinski definition) is 2. The third-order valence-corrected chi connectivity index (χ3v) is 4.56. The molecule has 114 valence electrons. The van der Waals surface area contributed by atoms with E-state index in [0.29, 0.717) is 23.8 Å². The molecule has 2 N–H and O–H groups in total. The van der Waals surface area contributed by atoms with Crippen LogP contribution in [0.3, 0.4) is 0 Å². The first-order chi connectivity index (χ1) is 9.92. The Morgan fingerprint density at radius 2 is 2.24 bits per heavy atom. The highest BCUT2D eigenvalue weighted by molar-refractivity contribution is 7.13. The number of carbonyl (C=O) groups is 3. The van der Waals surface area contributed by atoms with Crippen LogP contribution in [0, 0.1) is 12.8 Å². The van der Waals surface area contributed by atoms with E-state index in [2.05, 4.69) is 10.3 Å². The van der Waals surface area contributed by atoms with Gasteiger partial charge in [-0.2, -0.15) is 0 Å². The molecule has 1 aliphatic rings. The molecule has 0 aliphatic carbocycles. The molecular formula is C13H17N3O4S. The van der Waals surface area contributed by atoms with Crippen molar-refractivity contribution in [2.45, 2.75) is 26.8 Å². The summed E-state index contributed by atoms with van der Waals surface area (Å²) in [4.78, 5) is 40.5. The second-order valence-electron chi connectivity index (χ2n) is 4.88. The molecule has 8 heteroatoms. The Morgan fingerprint density at radius 3 is 2.76 bits per heavy atom. The van der Waals surface area contributed by atoms with Crippen LogP contribution in [0.5, 0.6) is 0 Å². The number of carboxylic acid groups (broad SMARTS) is 1. The Bertz CT molecular complexity index is 584. The molecule has 2 rings (SSSR count). The minimum Gasteiger partial charge on any atom is -0.477 e. The lowest BCUT2D eigenvalue weighted by Crippen LogP contribution is -2.32. The maximum Gasteiger partial charge on any atom is 0.347 e. The highest BCUT2D eigenvalue weighted by Gasteiger charge is 2.33. The van der Waals surface area contributed by atoms with Gasteiger partial charge in [0.15, 0.2) is 0 Å². The van der Waals surface area contributed by atoms with Crippen molar-refractivity contribution in [2.24, 2.45) is 5.92 Å². The van der Waals surface area contributed by atoms with Crippen molar-refractivity contribution < 1.29 is 19.5 Å². The predicted molar refractivity (Wildman–Crippen MR) is 76.0 cm³/mol. The van der Waals surface area contributed by atoms with Gasteiger partial charge in [-0.1, -0.05) is 0 Å². The van der Waals surface area contributed by atoms with E-state index in [9.17, 15) is 14.4 Å². The molecular weight excluding hydrogens is 294 g/mol. The van der Waals surface area contributed by atoms with E-state index < -0.39 is 5.97 Å². The van der Waals surface area contributed by atoms with Crippen LogP contribution >= 0.6 is 11.3 Å². The summed E-state index contributed by atoms with van der Waals surface area (Å²) in [5, 5.41) is 12.2. The monoisotopic (exact) mass is 311 g/mol. The highest BCUT2D eigenvalue weighted by atomic mass is 32.1. The van der Waals surface area contributed by atoms with Crippen molar-refractivity contribution >= 4 is 29.1 Å². The number of thiazole rings is 1. The van der Waals surface area contributed by atoms with Gasteiger partial charge in [0.2, 0.25) is 11.8 Å². The molecule has 0 saturated carbocycles. The molecule has 1 atom stereocenters. The SMILES string of the molecule is CCN1CC(C(=O)NCc2nc(C)c(C(=O)O)s2)CC1=O. The molecule has 0 radical (unpaired) electrons. The van der Waals surface area contributed by atoms with E-state index in [-0.39, 0.29) is 35.6 Å². The van der Waals surface area contributed by atoms with Gasteiger partial charge in [-0.05, 0) is 13.8 Å². The summed E-state index contributed by atoms with van der Waals surface area (Å²) in [6, 6.07) is 0. The maximum absolute atomic E-state index is 12.0. The number of nitrogens with zero attached hydrogens (tertiary/aromatic N) is 2. The molecule has 1 fully saturated rings. The molecule has 1 saturated heterocycles. The molecule has 1 unspecified atom stereocenters. The van der Waals surface area contributed by atoms with E-state index in [1.807, 2.05) is 6.92 Å². The first-order valence-electron chi connectivity index (χ1n) is 6.67. The zero-order chi connectivity index (χ0) is 15.6. The Balaban J connectivity index is 1.91. The number of carboxylic acids is 1. The topological polar surface area (TPSA) is 99.6 Å². The summed E-state index contributed by atoms with van der Waals surface area (Å²) in [5.74, 6) is -1.54. The van der Waals surface area contributed by atoms with Gasteiger partial charge in [0.1, 0.15) is 9.88 Å². The van der Waals surface area contributed by atoms with Gasteiger partial charge in [0.05, 0.1) is 18.2 Å². The zero-order valence-electron chi connectivity index (χ0n) is 11.9. The third kappa shape index (κ3) is 3.38. The summed E-state index contributed by atoms with van der Waals surface area (Å²) in [5.41, 5.74) is 0.449. The molecule has 0 aromatic carbocycles. The van der Waals surface area contributed by atoms with E-state index in [0.717, 1.165) is 11.3 Å². The average molecular weight is 311 g/mol. The molecule has 1 aromatic heterocycles. The van der Waals surface area contributed by atoms with Crippen molar-refractivity contribution in [3.63, 3.8) is 0 Å². The molecule has 21 heavy (non-hydrogen) atoms. The van der Waals surface area contributed by atoms with E-state index in [4.69, 9.17) is 5.11 Å². The minimum absolute atomic E-state index is 0.00379. The molecule has 0 bridgehead atoms. The quantitative estimate of drug-likeness (QED) is 0.831. The van der Waals surface area contributed by atoms with Gasteiger partial charge in [0.25, 0.3) is 0 Å². The van der Waals surface area contributed by atoms with E-state index in [1.54, 1.807) is 11.8 Å². The lowest BCUT2D eigenvalue weighted by molar-refractivity contribution is -0.128. The fraction of sp³-hybridized carbons (Fsp3) is 0.538. The first-order valence-corrected chi connectivity index (χ1v) is 7.49. The second kappa shape index (κ2) is 6.21. The number of carbonyl (C=O) groups excluding carboxylic acids is 2. The Morgan fingerprint density at radius 1 is 1.52 bits per heavy atom. The Labute approximate surface area is 126 Å². The molecule has 7 nitrogen and oxygen atoms in total. The van der Waals surface area contributed by atoms with E-state index in [1.165, 1.54) is 0 Å². The van der Waals surface area contributed by atoms with Gasteiger partial charge in [-0.3, -0.25) is 9.59 Å². The van der Waals surface area contributed by atoms with Crippen LogP contribution in [0.4, 0.5) is 0 Å². The minimum atomic E-state index is -1.01. The summed E-state index contributed by atoms with van der Waals surface area (Å²) in [7, 11) is 0. The second-order valence-corrected chi connectivity index (χ2v) is 5.96. The number of nitrogens with one attached hydrogen (secondary N) is 1. The molecule has 2 heterocycles. The Kier molecular flexibility index (Phi) is 4.56. The first kappa shape index (κ1) is 15.4. The van der Waals surface area contributed by atoms with Crippen molar-refractivity contribution in [2.75, 3.05) is 13.1 Å². The number of amides is 2. The smallest absolute Gasteiger partial charge is 0.347 e. The molecule has 2 amide bonds. The summed E-state index contributed by atoms with van der Waals surface area (Å²) in [6.07, 6.45) is 0.233. The van der Waals surface area contributed by atoms with Gasteiger partial charge >= 0.3 is 5.97 Å². The zero-order valence-corrected chi connectivity index (χ0v) is 12.7. The number of hydrogen-bond acceptors (Lipinski definition) is 5. The Hall–Kier alpha value is -1.96. The molecule has 0 spiro atoms. The summed E-state index contributed by atoms with van der Waals surface area (Å²) in [6.45, 7) is 4.74. The predicted octanol–water partition coefficient (Wildman–Crippen LogP) is 0.634. The van der Waals surface area contributed by atoms with Gasteiger partial charge in [-0.25, -0.2) is 9.78 Å². The van der Waals surface area contributed by atoms with E-state index >= 15 is 0 Å². The number of likely N-dealkylation sites (tertiary alicyclic amines) is 1. The molecule has 1 aliphatic heterocycles. The van der Waals surface area contributed by atoms with Crippen LogP contribution in [0.1, 0.15) is 33.7 Å². The van der Waals surface area contributed by atoms with Gasteiger partial charge < -0.3 is 15.3 Å². The fourth-order valence-corrected chi connectivity index (χ4v) is 3.13. The lowest BCUT2D eigenvalue weighted by Gasteiger charge is -2.13. The number of aromatic carboxylic acids is 1. The largest absolute Gasteiger partial charge is 0.477 e. The van der Waals surface area contributed by atoms with Crippen LogP contribution in [-0.4, -0.2) is 45.9 Å². The standard InChI is InChI=1S/C13H17N3O4S/c1-3-16-6-8(4-10(16)17)12(18)14-5-9-15-7(2)11(21-9)13(19)20/h8H,3-6H2,1-2H3,(H,14,18)(H,19,20). The van der Waals surface area contributed by atoms with Crippen LogP contribution in [-0.2, 0) is 16.1 Å². The van der Waals surface area contributed by atoms with Crippen LogP contribution in [0.25, 0.3) is 0 Å². The van der Waals surface area contributed by atoms with Crippen LogP contribution < -0.4 is 5.32 Å². The van der Waals surface area contributed by atoms with Crippen molar-refractivity contribution in [3.05, 3.63) is 15.6 Å². The average Bonchev–Trinajstić information content (AvgIpc) is 2.99. The number of aryl methyl sites for hydroxylation is 1. The van der Waals surface area contributed by atoms with Gasteiger partial charge in [-0.15, -0.1) is 11.3 Å². The highest BCUT2D eigenvalue weighted by Crippen LogP contribution is 2.19. The van der Waals surface area contributed by atoms with Crippen molar-refractivity contribution in [3.8, 4) is 0 Å². The van der Waals surface area contributed by atoms with Crippen LogP contribution in [0.2, 0.25) is 0 Å². The normalized spacial score (nSPS) is 18.1. The fourth-order valence-electron chi connectivity index (χ4n) is 2.29. The summed E-state index contributed by atoms with van der Waals surface area (Å²) < 4.78 is 0. The number of rotatable bonds is 5. The van der Waals surface area contributed by atoms with Crippen LogP contribution in [0.15, 0.2) is 0 Å².